The summed E-state index contributed by atoms with van der Waals surface area (Å²) < 4.78 is 0. The minimum Gasteiger partial charge on any atom is -0.355 e. The fraction of sp³-hybridized carbons (Fsp3) is 0.923. The predicted octanol–water partition coefficient (Wildman–Crippen LogP) is 1.93. The van der Waals surface area contributed by atoms with E-state index in [1.54, 1.807) is 6.92 Å². The summed E-state index contributed by atoms with van der Waals surface area (Å²) in [5.74, 6) is 1.75. The van der Waals surface area contributed by atoms with E-state index < -0.39 is 0 Å². The number of hydrogen-bond acceptors (Lipinski definition) is 2. The highest BCUT2D eigenvalue weighted by molar-refractivity contribution is 5.72. The fourth-order valence-electron chi connectivity index (χ4n) is 2.53. The van der Waals surface area contributed by atoms with Crippen LogP contribution in [0.3, 0.4) is 0 Å². The van der Waals surface area contributed by atoms with Crippen LogP contribution in [0.25, 0.3) is 0 Å². The number of hydrogen-bond donors (Lipinski definition) is 2. The Bertz CT molecular complexity index is 216. The van der Waals surface area contributed by atoms with Crippen LogP contribution in [0.2, 0.25) is 0 Å². The molecular weight excluding hydrogens is 200 g/mol. The average molecular weight is 226 g/mol. The Morgan fingerprint density at radius 1 is 1.31 bits per heavy atom. The lowest BCUT2D eigenvalue weighted by Crippen LogP contribution is -2.39. The largest absolute Gasteiger partial charge is 0.355 e. The van der Waals surface area contributed by atoms with Crippen molar-refractivity contribution in [1.29, 1.82) is 0 Å². The summed E-state index contributed by atoms with van der Waals surface area (Å²) >= 11 is 0. The molecule has 94 valence electrons. The second kappa shape index (κ2) is 6.89. The summed E-state index contributed by atoms with van der Waals surface area (Å²) in [6.07, 6.45) is 5.34. The lowest BCUT2D eigenvalue weighted by Gasteiger charge is -2.32. The van der Waals surface area contributed by atoms with Gasteiger partial charge in [-0.15, -0.1) is 0 Å². The normalized spacial score (nSPS) is 25.8. The molecule has 1 amide bonds. The second-order valence-electron chi connectivity index (χ2n) is 5.30. The van der Waals surface area contributed by atoms with Crippen LogP contribution >= 0.6 is 0 Å². The van der Waals surface area contributed by atoms with Gasteiger partial charge < -0.3 is 10.6 Å². The maximum atomic E-state index is 10.7. The number of carbonyl (C=O) groups is 1. The van der Waals surface area contributed by atoms with Crippen LogP contribution < -0.4 is 10.6 Å². The third-order valence-corrected chi connectivity index (χ3v) is 3.59. The van der Waals surface area contributed by atoms with Crippen molar-refractivity contribution in [2.45, 2.75) is 52.5 Å². The van der Waals surface area contributed by atoms with E-state index in [1.807, 2.05) is 0 Å². The van der Waals surface area contributed by atoms with Gasteiger partial charge in [0.1, 0.15) is 0 Å². The monoisotopic (exact) mass is 226 g/mol. The fourth-order valence-corrected chi connectivity index (χ4v) is 2.53. The molecule has 0 aromatic carbocycles. The van der Waals surface area contributed by atoms with Crippen molar-refractivity contribution in [2.24, 2.45) is 11.8 Å². The first-order valence-electron chi connectivity index (χ1n) is 6.57. The molecule has 2 unspecified atom stereocenters. The standard InChI is InChI=1S/C13H26N2O/c1-10(2)12-5-4-6-13(9-12)15-8-7-14-11(3)16/h10,12-13,15H,4-9H2,1-3H3,(H,14,16). The molecule has 16 heavy (non-hydrogen) atoms. The van der Waals surface area contributed by atoms with E-state index in [0.29, 0.717) is 6.04 Å². The molecule has 0 aliphatic heterocycles. The van der Waals surface area contributed by atoms with E-state index in [9.17, 15) is 4.79 Å². The van der Waals surface area contributed by atoms with E-state index in [4.69, 9.17) is 0 Å². The molecule has 0 bridgehead atoms. The van der Waals surface area contributed by atoms with Crippen molar-refractivity contribution < 1.29 is 4.79 Å². The minimum atomic E-state index is 0.0606. The zero-order valence-corrected chi connectivity index (χ0v) is 10.9. The van der Waals surface area contributed by atoms with E-state index in [0.717, 1.165) is 24.9 Å². The maximum absolute atomic E-state index is 10.7. The Morgan fingerprint density at radius 3 is 2.69 bits per heavy atom. The Hall–Kier alpha value is -0.570. The molecule has 0 saturated heterocycles. The summed E-state index contributed by atoms with van der Waals surface area (Å²) in [5.41, 5.74) is 0. The molecule has 0 radical (unpaired) electrons. The van der Waals surface area contributed by atoms with E-state index in [-0.39, 0.29) is 5.91 Å². The SMILES string of the molecule is CC(=O)NCCNC1CCCC(C(C)C)C1. The summed E-state index contributed by atoms with van der Waals surface area (Å²) in [6, 6.07) is 0.662. The molecule has 0 aromatic heterocycles. The minimum absolute atomic E-state index is 0.0606. The highest BCUT2D eigenvalue weighted by Gasteiger charge is 2.23. The molecule has 0 heterocycles. The Morgan fingerprint density at radius 2 is 2.06 bits per heavy atom. The van der Waals surface area contributed by atoms with Crippen LogP contribution in [0.15, 0.2) is 0 Å². The Kier molecular flexibility index (Phi) is 5.81. The van der Waals surface area contributed by atoms with Gasteiger partial charge in [0.25, 0.3) is 0 Å². The zero-order valence-electron chi connectivity index (χ0n) is 10.9. The summed E-state index contributed by atoms with van der Waals surface area (Å²) in [6.45, 7) is 7.86. The van der Waals surface area contributed by atoms with E-state index in [1.165, 1.54) is 25.7 Å². The van der Waals surface area contributed by atoms with Crippen molar-refractivity contribution >= 4 is 5.91 Å². The summed E-state index contributed by atoms with van der Waals surface area (Å²) in [7, 11) is 0. The van der Waals surface area contributed by atoms with Gasteiger partial charge in [0.2, 0.25) is 5.91 Å². The number of carbonyl (C=O) groups excluding carboxylic acids is 1. The van der Waals surface area contributed by atoms with Gasteiger partial charge in [-0.25, -0.2) is 0 Å². The molecule has 1 fully saturated rings. The number of nitrogens with one attached hydrogen (secondary N) is 2. The molecule has 1 aliphatic carbocycles. The molecule has 2 N–H and O–H groups in total. The smallest absolute Gasteiger partial charge is 0.216 e. The van der Waals surface area contributed by atoms with Crippen LogP contribution in [0, 0.1) is 11.8 Å². The number of amides is 1. The van der Waals surface area contributed by atoms with E-state index in [2.05, 4.69) is 24.5 Å². The summed E-state index contributed by atoms with van der Waals surface area (Å²) in [4.78, 5) is 10.7. The van der Waals surface area contributed by atoms with Gasteiger partial charge in [-0.1, -0.05) is 26.7 Å². The van der Waals surface area contributed by atoms with E-state index >= 15 is 0 Å². The molecule has 1 rings (SSSR count). The van der Waals surface area contributed by atoms with Crippen LogP contribution in [0.4, 0.5) is 0 Å². The van der Waals surface area contributed by atoms with Crippen LogP contribution in [0.1, 0.15) is 46.5 Å². The first-order chi connectivity index (χ1) is 7.59. The quantitative estimate of drug-likeness (QED) is 0.703. The molecular formula is C13H26N2O. The first-order valence-corrected chi connectivity index (χ1v) is 6.57. The third kappa shape index (κ3) is 4.97. The lowest BCUT2D eigenvalue weighted by molar-refractivity contribution is -0.118. The van der Waals surface area contributed by atoms with Gasteiger partial charge in [-0.05, 0) is 24.7 Å². The second-order valence-corrected chi connectivity index (χ2v) is 5.30. The van der Waals surface area contributed by atoms with Crippen molar-refractivity contribution in [3.63, 3.8) is 0 Å². The van der Waals surface area contributed by atoms with Gasteiger partial charge in [0, 0.05) is 26.1 Å². The first kappa shape index (κ1) is 13.5. The maximum Gasteiger partial charge on any atom is 0.216 e. The molecule has 0 spiro atoms. The van der Waals surface area contributed by atoms with Crippen molar-refractivity contribution in [2.75, 3.05) is 13.1 Å². The van der Waals surface area contributed by atoms with Crippen molar-refractivity contribution in [3.8, 4) is 0 Å². The van der Waals surface area contributed by atoms with Gasteiger partial charge in [-0.2, -0.15) is 0 Å². The molecule has 3 heteroatoms. The topological polar surface area (TPSA) is 41.1 Å². The highest BCUT2D eigenvalue weighted by Crippen LogP contribution is 2.29. The van der Waals surface area contributed by atoms with Gasteiger partial charge in [0.05, 0.1) is 0 Å². The molecule has 2 atom stereocenters. The van der Waals surface area contributed by atoms with Gasteiger partial charge in [-0.3, -0.25) is 4.79 Å². The lowest BCUT2D eigenvalue weighted by atomic mass is 9.79. The van der Waals surface area contributed by atoms with Gasteiger partial charge in [0.15, 0.2) is 0 Å². The molecule has 0 aromatic rings. The van der Waals surface area contributed by atoms with Crippen LogP contribution in [-0.2, 0) is 4.79 Å². The average Bonchev–Trinajstić information content (AvgIpc) is 2.24. The van der Waals surface area contributed by atoms with Crippen molar-refractivity contribution in [1.82, 2.24) is 10.6 Å². The highest BCUT2D eigenvalue weighted by atomic mass is 16.1. The van der Waals surface area contributed by atoms with Gasteiger partial charge >= 0.3 is 0 Å². The Labute approximate surface area is 99.4 Å². The zero-order chi connectivity index (χ0) is 12.0. The Balaban J connectivity index is 2.14. The molecule has 1 aliphatic rings. The third-order valence-electron chi connectivity index (χ3n) is 3.59. The predicted molar refractivity (Wildman–Crippen MR) is 67.3 cm³/mol. The molecule has 1 saturated carbocycles. The summed E-state index contributed by atoms with van der Waals surface area (Å²) in [5, 5.41) is 6.36. The molecule has 3 nitrogen and oxygen atoms in total. The van der Waals surface area contributed by atoms with Crippen LogP contribution in [-0.4, -0.2) is 25.0 Å². The van der Waals surface area contributed by atoms with Crippen molar-refractivity contribution in [3.05, 3.63) is 0 Å². The number of rotatable bonds is 5. The van der Waals surface area contributed by atoms with Crippen LogP contribution in [0.5, 0.6) is 0 Å².